The largest absolute Gasteiger partial charge is 0.0613 e. The van der Waals surface area contributed by atoms with E-state index in [-0.39, 0.29) is 0 Å². The summed E-state index contributed by atoms with van der Waals surface area (Å²) in [5.74, 6) is 0. The highest BCUT2D eigenvalue weighted by atomic mass is 127. The third kappa shape index (κ3) is 2.42. The van der Waals surface area contributed by atoms with Crippen LogP contribution in [-0.4, -0.2) is 0 Å². The minimum absolute atomic E-state index is 1.08. The van der Waals surface area contributed by atoms with E-state index >= 15 is 0 Å². The fourth-order valence-electron chi connectivity index (χ4n) is 0.867. The summed E-state index contributed by atoms with van der Waals surface area (Å²) < 4.78 is 3.62. The second kappa shape index (κ2) is 4.23. The molecule has 0 aliphatic carbocycles. The first kappa shape index (κ1) is 9.99. The van der Waals surface area contributed by atoms with E-state index in [1.54, 1.807) is 0 Å². The zero-order valence-electron chi connectivity index (χ0n) is 6.00. The number of hydrogen-bond donors (Lipinski definition) is 0. The van der Waals surface area contributed by atoms with Gasteiger partial charge in [-0.05, 0) is 62.6 Å². The first-order chi connectivity index (χ1) is 5.15. The van der Waals surface area contributed by atoms with Crippen LogP contribution in [0.3, 0.4) is 0 Å². The van der Waals surface area contributed by atoms with Crippen molar-refractivity contribution in [3.05, 3.63) is 30.2 Å². The Labute approximate surface area is 97.2 Å². The van der Waals surface area contributed by atoms with E-state index in [0.717, 1.165) is 10.9 Å². The Morgan fingerprint density at radius 3 is 2.55 bits per heavy atom. The summed E-state index contributed by atoms with van der Waals surface area (Å²) in [7, 11) is 0. The summed E-state index contributed by atoms with van der Waals surface area (Å²) in [6.07, 6.45) is 1.08. The van der Waals surface area contributed by atoms with Gasteiger partial charge in [-0.3, -0.25) is 0 Å². The lowest BCUT2D eigenvalue weighted by molar-refractivity contribution is 1.12. The van der Waals surface area contributed by atoms with Gasteiger partial charge >= 0.3 is 0 Å². The lowest BCUT2D eigenvalue weighted by Gasteiger charge is -2.03. The monoisotopic (exact) mass is 388 g/mol. The van der Waals surface area contributed by atoms with E-state index in [4.69, 9.17) is 0 Å². The molecule has 0 aliphatic rings. The fraction of sp³-hybridized carbons (Fsp3) is 0.250. The van der Waals surface area contributed by atoms with Crippen LogP contribution in [0.5, 0.6) is 0 Å². The van der Waals surface area contributed by atoms with Crippen molar-refractivity contribution in [3.63, 3.8) is 0 Å². The number of aryl methyl sites for hydroxylation is 1. The molecule has 0 N–H and O–H groups in total. The average Bonchev–Trinajstić information content (AvgIpc) is 1.96. The third-order valence-electron chi connectivity index (χ3n) is 1.45. The van der Waals surface area contributed by atoms with E-state index in [1.165, 1.54) is 13.6 Å². The maximum absolute atomic E-state index is 3.50. The average molecular weight is 390 g/mol. The summed E-state index contributed by atoms with van der Waals surface area (Å²) in [6, 6.07) is 4.23. The minimum Gasteiger partial charge on any atom is -0.0613 e. The zero-order valence-corrected chi connectivity index (χ0v) is 11.3. The van der Waals surface area contributed by atoms with Crippen LogP contribution in [-0.2, 0) is 6.42 Å². The van der Waals surface area contributed by atoms with Gasteiger partial charge in [-0.1, -0.05) is 22.9 Å². The molecule has 0 aliphatic heterocycles. The molecule has 3 heteroatoms. The second-order valence-corrected chi connectivity index (χ2v) is 5.06. The molecule has 0 heterocycles. The highest BCUT2D eigenvalue weighted by Gasteiger charge is 2.02. The van der Waals surface area contributed by atoms with Crippen LogP contribution in [0.4, 0.5) is 0 Å². The molecule has 0 spiro atoms. The molecule has 0 saturated carbocycles. The Balaban J connectivity index is 3.24. The first-order valence-corrected chi connectivity index (χ1v) is 5.95. The van der Waals surface area contributed by atoms with Gasteiger partial charge in [-0.2, -0.15) is 0 Å². The molecule has 0 aromatic heterocycles. The molecular weight excluding hydrogens is 383 g/mol. The van der Waals surface area contributed by atoms with Crippen LogP contribution in [0.1, 0.15) is 12.5 Å². The van der Waals surface area contributed by atoms with Crippen LogP contribution >= 0.6 is 54.5 Å². The number of hydrogen-bond acceptors (Lipinski definition) is 0. The molecule has 0 bridgehead atoms. The van der Waals surface area contributed by atoms with Gasteiger partial charge in [0.25, 0.3) is 0 Å². The molecule has 0 saturated heterocycles. The number of halogens is 3. The van der Waals surface area contributed by atoms with Crippen LogP contribution in [0, 0.1) is 3.57 Å². The molecule has 1 aromatic rings. The lowest BCUT2D eigenvalue weighted by Crippen LogP contribution is -1.87. The Bertz CT molecular complexity index is 271. The van der Waals surface area contributed by atoms with Gasteiger partial charge in [-0.15, -0.1) is 0 Å². The maximum atomic E-state index is 3.50. The lowest BCUT2D eigenvalue weighted by atomic mass is 10.2. The van der Waals surface area contributed by atoms with Crippen LogP contribution < -0.4 is 0 Å². The summed E-state index contributed by atoms with van der Waals surface area (Å²) >= 11 is 9.31. The van der Waals surface area contributed by atoms with Crippen molar-refractivity contribution < 1.29 is 0 Å². The van der Waals surface area contributed by atoms with Gasteiger partial charge in [-0.25, -0.2) is 0 Å². The van der Waals surface area contributed by atoms with Gasteiger partial charge in [0.2, 0.25) is 0 Å². The molecule has 0 amide bonds. The quantitative estimate of drug-likeness (QED) is 0.494. The molecule has 60 valence electrons. The summed E-state index contributed by atoms with van der Waals surface area (Å²) in [4.78, 5) is 0. The molecule has 0 unspecified atom stereocenters. The van der Waals surface area contributed by atoms with E-state index in [9.17, 15) is 0 Å². The zero-order chi connectivity index (χ0) is 8.43. The van der Waals surface area contributed by atoms with Crippen molar-refractivity contribution in [1.29, 1.82) is 0 Å². The molecule has 11 heavy (non-hydrogen) atoms. The normalized spacial score (nSPS) is 10.2. The van der Waals surface area contributed by atoms with Crippen molar-refractivity contribution in [1.82, 2.24) is 0 Å². The fourth-order valence-corrected chi connectivity index (χ4v) is 2.87. The van der Waals surface area contributed by atoms with Gasteiger partial charge < -0.3 is 0 Å². The highest BCUT2D eigenvalue weighted by Crippen LogP contribution is 2.27. The van der Waals surface area contributed by atoms with Crippen LogP contribution in [0.15, 0.2) is 21.1 Å². The third-order valence-corrected chi connectivity index (χ3v) is 4.55. The SMILES string of the molecule is CCc1cc(Br)cc(Br)c1I. The maximum Gasteiger partial charge on any atom is 0.0322 e. The van der Waals surface area contributed by atoms with Gasteiger partial charge in [0.05, 0.1) is 0 Å². The van der Waals surface area contributed by atoms with Gasteiger partial charge in [0, 0.05) is 12.5 Å². The predicted octanol–water partition coefficient (Wildman–Crippen LogP) is 4.38. The smallest absolute Gasteiger partial charge is 0.0322 e. The van der Waals surface area contributed by atoms with E-state index in [1.807, 2.05) is 0 Å². The Kier molecular flexibility index (Phi) is 3.85. The molecule has 1 rings (SSSR count). The second-order valence-electron chi connectivity index (χ2n) is 2.21. The van der Waals surface area contributed by atoms with E-state index in [0.29, 0.717) is 0 Å². The molecule has 0 nitrogen and oxygen atoms in total. The Morgan fingerprint density at radius 2 is 2.00 bits per heavy atom. The Hall–Kier alpha value is 0.910. The molecule has 0 fully saturated rings. The molecule has 0 atom stereocenters. The topological polar surface area (TPSA) is 0 Å². The standard InChI is InChI=1S/C8H7Br2I/c1-2-5-3-6(9)4-7(10)8(5)11/h3-4H,2H2,1H3. The molecule has 1 aromatic carbocycles. The van der Waals surface area contributed by atoms with E-state index in [2.05, 4.69) is 73.5 Å². The van der Waals surface area contributed by atoms with Crippen molar-refractivity contribution in [2.45, 2.75) is 13.3 Å². The van der Waals surface area contributed by atoms with Crippen molar-refractivity contribution in [3.8, 4) is 0 Å². The van der Waals surface area contributed by atoms with Crippen molar-refractivity contribution in [2.24, 2.45) is 0 Å². The van der Waals surface area contributed by atoms with Crippen LogP contribution in [0.2, 0.25) is 0 Å². The summed E-state index contributed by atoms with van der Waals surface area (Å²) in [5.41, 5.74) is 1.38. The number of benzene rings is 1. The predicted molar refractivity (Wildman–Crippen MR) is 63.9 cm³/mol. The summed E-state index contributed by atoms with van der Waals surface area (Å²) in [6.45, 7) is 2.16. The minimum atomic E-state index is 1.08. The van der Waals surface area contributed by atoms with E-state index < -0.39 is 0 Å². The van der Waals surface area contributed by atoms with Gasteiger partial charge in [0.15, 0.2) is 0 Å². The first-order valence-electron chi connectivity index (χ1n) is 3.28. The summed E-state index contributed by atoms with van der Waals surface area (Å²) in [5, 5.41) is 0. The van der Waals surface area contributed by atoms with Gasteiger partial charge in [0.1, 0.15) is 0 Å². The van der Waals surface area contributed by atoms with Crippen LogP contribution in [0.25, 0.3) is 0 Å². The van der Waals surface area contributed by atoms with Crippen molar-refractivity contribution >= 4 is 54.5 Å². The highest BCUT2D eigenvalue weighted by molar-refractivity contribution is 14.1. The van der Waals surface area contributed by atoms with Crippen molar-refractivity contribution in [2.75, 3.05) is 0 Å². The molecule has 0 radical (unpaired) electrons. The molecular formula is C8H7Br2I. The number of rotatable bonds is 1. The Morgan fingerprint density at radius 1 is 1.36 bits per heavy atom.